The van der Waals surface area contributed by atoms with Gasteiger partial charge in [-0.15, -0.1) is 34.4 Å². The molecule has 5 aromatic rings. The molecule has 0 unspecified atom stereocenters. The lowest BCUT2D eigenvalue weighted by molar-refractivity contribution is 0.102. The zero-order valence-electron chi connectivity index (χ0n) is 16.6. The van der Waals surface area contributed by atoms with Crippen LogP contribution in [0.3, 0.4) is 0 Å². The number of H-pyrrole nitrogens is 1. The molecule has 0 aliphatic heterocycles. The maximum absolute atomic E-state index is 13.0. The van der Waals surface area contributed by atoms with Crippen molar-refractivity contribution in [3.8, 4) is 11.3 Å². The van der Waals surface area contributed by atoms with Crippen LogP contribution in [-0.2, 0) is 5.75 Å². The fourth-order valence-electron chi connectivity index (χ4n) is 3.46. The number of nitrogens with one attached hydrogen (secondary N) is 2. The predicted molar refractivity (Wildman–Crippen MR) is 130 cm³/mol. The molecule has 0 aliphatic rings. The van der Waals surface area contributed by atoms with Gasteiger partial charge in [0.15, 0.2) is 5.13 Å². The number of fused-ring (bicyclic) bond motifs is 1. The number of aryl methyl sites for hydroxylation is 1. The summed E-state index contributed by atoms with van der Waals surface area (Å²) in [7, 11) is 0. The van der Waals surface area contributed by atoms with Crippen molar-refractivity contribution in [3.05, 3.63) is 81.8 Å². The number of benzene rings is 2. The second kappa shape index (κ2) is 8.66. The zero-order valence-corrected chi connectivity index (χ0v) is 19.0. The second-order valence-corrected chi connectivity index (χ2v) is 9.52. The van der Waals surface area contributed by atoms with Crippen LogP contribution in [0.5, 0.6) is 0 Å². The molecule has 2 N–H and O–H groups in total. The van der Waals surface area contributed by atoms with Gasteiger partial charge in [0.2, 0.25) is 0 Å². The van der Waals surface area contributed by atoms with E-state index in [4.69, 9.17) is 4.98 Å². The van der Waals surface area contributed by atoms with Gasteiger partial charge in [0.1, 0.15) is 0 Å². The molecule has 3 heterocycles. The predicted octanol–water partition coefficient (Wildman–Crippen LogP) is 6.60. The Morgan fingerprint density at radius 3 is 2.84 bits per heavy atom. The number of thiazole rings is 2. The van der Waals surface area contributed by atoms with E-state index < -0.39 is 0 Å². The first-order valence-electron chi connectivity index (χ1n) is 9.62. The Hall–Kier alpha value is -2.94. The third-order valence-corrected chi connectivity index (χ3v) is 7.37. The number of anilines is 1. The highest BCUT2D eigenvalue weighted by atomic mass is 32.2. The molecule has 0 fully saturated rings. The fraction of sp³-hybridized carbons (Fsp3) is 0.0870. The molecule has 0 saturated heterocycles. The minimum atomic E-state index is -0.155. The van der Waals surface area contributed by atoms with Crippen LogP contribution in [-0.4, -0.2) is 20.9 Å². The van der Waals surface area contributed by atoms with Gasteiger partial charge in [0.25, 0.3) is 5.91 Å². The Labute approximate surface area is 191 Å². The van der Waals surface area contributed by atoms with E-state index in [-0.39, 0.29) is 5.91 Å². The molecule has 0 aliphatic carbocycles. The molecule has 5 rings (SSSR count). The largest absolute Gasteiger partial charge is 0.358 e. The number of carbonyl (C=O) groups is 1. The minimum absolute atomic E-state index is 0.155. The fourth-order valence-corrected chi connectivity index (χ4v) is 5.77. The summed E-state index contributed by atoms with van der Waals surface area (Å²) in [5.74, 6) is 0.576. The lowest BCUT2D eigenvalue weighted by Gasteiger charge is -2.08. The number of amides is 1. The Morgan fingerprint density at radius 1 is 1.13 bits per heavy atom. The standard InChI is InChI=1S/C23H18N4OS3/c1-14-21(16-6-2-4-8-18(16)25-14)19-12-31-23(26-19)27-22(28)17-7-3-5-9-20(17)30-11-15-10-29-13-24-15/h2-10,12-13,25H,11H2,1H3,(H,26,27,28). The van der Waals surface area contributed by atoms with Crippen molar-refractivity contribution in [2.45, 2.75) is 17.6 Å². The van der Waals surface area contributed by atoms with Gasteiger partial charge in [0.05, 0.1) is 22.5 Å². The number of rotatable bonds is 6. The second-order valence-electron chi connectivity index (χ2n) is 6.93. The number of carbonyl (C=O) groups excluding carboxylic acids is 1. The summed E-state index contributed by atoms with van der Waals surface area (Å²) >= 11 is 4.62. The van der Waals surface area contributed by atoms with Crippen LogP contribution in [0.25, 0.3) is 22.2 Å². The molecule has 0 saturated carbocycles. The number of thioether (sulfide) groups is 1. The van der Waals surface area contributed by atoms with E-state index in [9.17, 15) is 4.79 Å². The smallest absolute Gasteiger partial charge is 0.258 e. The van der Waals surface area contributed by atoms with Crippen molar-refractivity contribution in [2.24, 2.45) is 0 Å². The first-order chi connectivity index (χ1) is 15.2. The average molecular weight is 463 g/mol. The van der Waals surface area contributed by atoms with Crippen LogP contribution < -0.4 is 5.32 Å². The number of hydrogen-bond donors (Lipinski definition) is 2. The van der Waals surface area contributed by atoms with Crippen molar-refractivity contribution in [3.63, 3.8) is 0 Å². The summed E-state index contributed by atoms with van der Waals surface area (Å²) < 4.78 is 0. The number of aromatic nitrogens is 3. The van der Waals surface area contributed by atoms with Gasteiger partial charge in [0, 0.05) is 43.6 Å². The van der Waals surface area contributed by atoms with Gasteiger partial charge in [-0.2, -0.15) is 0 Å². The first kappa shape index (κ1) is 20.0. The minimum Gasteiger partial charge on any atom is -0.358 e. The molecule has 0 bridgehead atoms. The monoisotopic (exact) mass is 462 g/mol. The Bertz CT molecular complexity index is 1350. The maximum atomic E-state index is 13.0. The van der Waals surface area contributed by atoms with Crippen LogP contribution in [0.4, 0.5) is 5.13 Å². The van der Waals surface area contributed by atoms with E-state index in [0.717, 1.165) is 44.2 Å². The third-order valence-electron chi connectivity index (χ3n) is 4.87. The topological polar surface area (TPSA) is 70.7 Å². The summed E-state index contributed by atoms with van der Waals surface area (Å²) in [6.07, 6.45) is 0. The highest BCUT2D eigenvalue weighted by molar-refractivity contribution is 7.98. The van der Waals surface area contributed by atoms with Crippen molar-refractivity contribution in [1.82, 2.24) is 15.0 Å². The first-order valence-corrected chi connectivity index (χ1v) is 12.4. The summed E-state index contributed by atoms with van der Waals surface area (Å²) in [6, 6.07) is 15.8. The van der Waals surface area contributed by atoms with Gasteiger partial charge in [-0.3, -0.25) is 10.1 Å². The van der Waals surface area contributed by atoms with E-state index in [2.05, 4.69) is 27.4 Å². The van der Waals surface area contributed by atoms with Crippen LogP contribution in [0.2, 0.25) is 0 Å². The van der Waals surface area contributed by atoms with E-state index in [1.54, 1.807) is 23.1 Å². The molecule has 2 aromatic carbocycles. The van der Waals surface area contributed by atoms with E-state index in [0.29, 0.717) is 10.7 Å². The van der Waals surface area contributed by atoms with Crippen LogP contribution >= 0.6 is 34.4 Å². The SMILES string of the molecule is Cc1[nH]c2ccccc2c1-c1csc(NC(=O)c2ccccc2SCc2cscn2)n1. The van der Waals surface area contributed by atoms with E-state index in [1.807, 2.05) is 59.6 Å². The highest BCUT2D eigenvalue weighted by Crippen LogP contribution is 2.34. The van der Waals surface area contributed by atoms with E-state index in [1.165, 1.54) is 11.3 Å². The zero-order chi connectivity index (χ0) is 21.2. The summed E-state index contributed by atoms with van der Waals surface area (Å²) in [5, 5.41) is 8.71. The maximum Gasteiger partial charge on any atom is 0.258 e. The van der Waals surface area contributed by atoms with Crippen LogP contribution in [0.15, 0.2) is 69.7 Å². The Kier molecular flexibility index (Phi) is 5.59. The summed E-state index contributed by atoms with van der Waals surface area (Å²) in [5.41, 5.74) is 7.57. The van der Waals surface area contributed by atoms with E-state index >= 15 is 0 Å². The summed E-state index contributed by atoms with van der Waals surface area (Å²) in [4.78, 5) is 26.3. The van der Waals surface area contributed by atoms with Gasteiger partial charge < -0.3 is 4.98 Å². The third kappa shape index (κ3) is 4.14. The summed E-state index contributed by atoms with van der Waals surface area (Å²) in [6.45, 7) is 2.04. The van der Waals surface area contributed by atoms with Gasteiger partial charge in [-0.05, 0) is 25.1 Å². The van der Waals surface area contributed by atoms with Crippen LogP contribution in [0.1, 0.15) is 21.7 Å². The van der Waals surface area contributed by atoms with Crippen molar-refractivity contribution in [2.75, 3.05) is 5.32 Å². The number of para-hydroxylation sites is 1. The molecule has 0 radical (unpaired) electrons. The van der Waals surface area contributed by atoms with Crippen LogP contribution in [0, 0.1) is 6.92 Å². The molecule has 3 aromatic heterocycles. The van der Waals surface area contributed by atoms with Gasteiger partial charge in [-0.25, -0.2) is 9.97 Å². The molecule has 0 atom stereocenters. The number of nitrogens with zero attached hydrogens (tertiary/aromatic N) is 2. The lowest BCUT2D eigenvalue weighted by Crippen LogP contribution is -2.12. The van der Waals surface area contributed by atoms with Gasteiger partial charge in [-0.1, -0.05) is 30.3 Å². The quantitative estimate of drug-likeness (QED) is 0.279. The molecule has 154 valence electrons. The van der Waals surface area contributed by atoms with Crippen molar-refractivity contribution >= 4 is 56.4 Å². The molecule has 8 heteroatoms. The van der Waals surface area contributed by atoms with Gasteiger partial charge >= 0.3 is 0 Å². The molecule has 1 amide bonds. The highest BCUT2D eigenvalue weighted by Gasteiger charge is 2.17. The molecule has 31 heavy (non-hydrogen) atoms. The number of hydrogen-bond acceptors (Lipinski definition) is 6. The van der Waals surface area contributed by atoms with Crippen molar-refractivity contribution < 1.29 is 4.79 Å². The average Bonchev–Trinajstić information content (AvgIpc) is 3.52. The normalized spacial score (nSPS) is 11.1. The lowest BCUT2D eigenvalue weighted by atomic mass is 10.1. The van der Waals surface area contributed by atoms with Crippen molar-refractivity contribution in [1.29, 1.82) is 0 Å². The Balaban J connectivity index is 1.36. The molecule has 0 spiro atoms. The molecule has 5 nitrogen and oxygen atoms in total. The Morgan fingerprint density at radius 2 is 1.97 bits per heavy atom. The number of aromatic amines is 1. The molecular weight excluding hydrogens is 444 g/mol. The molecular formula is C23H18N4OS3.